The molecule has 0 saturated carbocycles. The molecule has 0 amide bonds. The van der Waals surface area contributed by atoms with Crippen molar-refractivity contribution >= 4 is 5.84 Å². The molecule has 1 aliphatic heterocycles. The number of benzene rings is 2. The molecule has 0 aliphatic carbocycles. The zero-order valence-corrected chi connectivity index (χ0v) is 13.3. The van der Waals surface area contributed by atoms with Gasteiger partial charge in [0.25, 0.3) is 0 Å². The Bertz CT molecular complexity index is 892. The van der Waals surface area contributed by atoms with Crippen LogP contribution in [0.15, 0.2) is 78.0 Å². The Morgan fingerprint density at radius 1 is 0.840 bits per heavy atom. The van der Waals surface area contributed by atoms with E-state index in [0.717, 1.165) is 22.5 Å². The Balaban J connectivity index is 1.74. The van der Waals surface area contributed by atoms with Crippen LogP contribution in [-0.4, -0.2) is 15.9 Å². The van der Waals surface area contributed by atoms with Crippen LogP contribution in [0.2, 0.25) is 0 Å². The highest BCUT2D eigenvalue weighted by Crippen LogP contribution is 2.37. The molecule has 25 heavy (non-hydrogen) atoms. The lowest BCUT2D eigenvalue weighted by molar-refractivity contribution is 0.475. The number of phenols is 1. The molecule has 2 aromatic carbocycles. The van der Waals surface area contributed by atoms with E-state index in [1.807, 2.05) is 24.3 Å². The van der Waals surface area contributed by atoms with Gasteiger partial charge >= 0.3 is 0 Å². The Morgan fingerprint density at radius 2 is 1.52 bits per heavy atom. The summed E-state index contributed by atoms with van der Waals surface area (Å²) in [4.78, 5) is 8.90. The van der Waals surface area contributed by atoms with Crippen LogP contribution in [-0.2, 0) is 0 Å². The Kier molecular flexibility index (Phi) is 3.90. The van der Waals surface area contributed by atoms with Crippen molar-refractivity contribution in [3.63, 3.8) is 0 Å². The lowest BCUT2D eigenvalue weighted by Crippen LogP contribution is -2.25. The van der Waals surface area contributed by atoms with Gasteiger partial charge in [0.2, 0.25) is 0 Å². The van der Waals surface area contributed by atoms with Crippen LogP contribution >= 0.6 is 0 Å². The van der Waals surface area contributed by atoms with E-state index in [4.69, 9.17) is 4.99 Å². The van der Waals surface area contributed by atoms with Crippen molar-refractivity contribution in [3.8, 4) is 5.75 Å². The normalized spacial score (nSPS) is 19.3. The molecule has 2 heterocycles. The maximum atomic E-state index is 13.3. The van der Waals surface area contributed by atoms with Gasteiger partial charge in [0.05, 0.1) is 6.04 Å². The number of aliphatic imine (C=N–C) groups is 1. The zero-order valence-electron chi connectivity index (χ0n) is 13.3. The van der Waals surface area contributed by atoms with Crippen LogP contribution in [0.1, 0.15) is 28.8 Å². The SMILES string of the molecule is Oc1ccc(C2=NC(c3ccc(F)cc3)C(c3ccncc3)N2)cc1. The molecule has 3 aromatic rings. The van der Waals surface area contributed by atoms with Crippen LogP contribution in [0.5, 0.6) is 5.75 Å². The summed E-state index contributed by atoms with van der Waals surface area (Å²) in [7, 11) is 0. The zero-order chi connectivity index (χ0) is 17.2. The lowest BCUT2D eigenvalue weighted by Gasteiger charge is -2.19. The fraction of sp³-hybridized carbons (Fsp3) is 0.100. The number of hydrogen-bond donors (Lipinski definition) is 2. The van der Waals surface area contributed by atoms with Gasteiger partial charge < -0.3 is 10.4 Å². The summed E-state index contributed by atoms with van der Waals surface area (Å²) in [5.74, 6) is 0.692. The molecule has 0 spiro atoms. The molecule has 2 unspecified atom stereocenters. The van der Waals surface area contributed by atoms with Crippen molar-refractivity contribution in [3.05, 3.63) is 95.6 Å². The molecule has 0 fully saturated rings. The van der Waals surface area contributed by atoms with Crippen molar-refractivity contribution in [2.75, 3.05) is 0 Å². The highest BCUT2D eigenvalue weighted by Gasteiger charge is 2.31. The largest absolute Gasteiger partial charge is 0.508 e. The van der Waals surface area contributed by atoms with Gasteiger partial charge in [0, 0.05) is 18.0 Å². The maximum Gasteiger partial charge on any atom is 0.129 e. The highest BCUT2D eigenvalue weighted by molar-refractivity contribution is 6.00. The Morgan fingerprint density at radius 3 is 2.20 bits per heavy atom. The summed E-state index contributed by atoms with van der Waals surface area (Å²) < 4.78 is 13.3. The summed E-state index contributed by atoms with van der Waals surface area (Å²) in [6.45, 7) is 0. The second-order valence-corrected chi connectivity index (χ2v) is 5.92. The topological polar surface area (TPSA) is 57.5 Å². The molecule has 1 aromatic heterocycles. The van der Waals surface area contributed by atoms with Crippen LogP contribution in [0, 0.1) is 5.82 Å². The Labute approximate surface area is 144 Å². The van der Waals surface area contributed by atoms with E-state index in [1.54, 1.807) is 36.7 Å². The second kappa shape index (κ2) is 6.36. The summed E-state index contributed by atoms with van der Waals surface area (Å²) in [5, 5.41) is 12.9. The van der Waals surface area contributed by atoms with E-state index in [1.165, 1.54) is 12.1 Å². The van der Waals surface area contributed by atoms with Gasteiger partial charge in [-0.3, -0.25) is 9.98 Å². The molecular weight excluding hydrogens is 317 g/mol. The summed E-state index contributed by atoms with van der Waals surface area (Å²) in [5.41, 5.74) is 2.88. The third kappa shape index (κ3) is 3.08. The van der Waals surface area contributed by atoms with Crippen LogP contribution in [0.4, 0.5) is 4.39 Å². The number of aromatic nitrogens is 1. The molecule has 2 N–H and O–H groups in total. The summed E-state index contributed by atoms with van der Waals surface area (Å²) in [6, 6.07) is 17.0. The third-order valence-electron chi connectivity index (χ3n) is 4.29. The van der Waals surface area contributed by atoms with E-state index in [9.17, 15) is 9.50 Å². The first-order valence-electron chi connectivity index (χ1n) is 8.00. The van der Waals surface area contributed by atoms with Gasteiger partial charge in [-0.05, 0) is 59.7 Å². The number of halogens is 1. The number of nitrogens with one attached hydrogen (secondary N) is 1. The first kappa shape index (κ1) is 15.3. The Hall–Kier alpha value is -3.21. The molecule has 0 radical (unpaired) electrons. The van der Waals surface area contributed by atoms with E-state index in [2.05, 4.69) is 10.3 Å². The first-order chi connectivity index (χ1) is 12.2. The predicted octanol–water partition coefficient (Wildman–Crippen LogP) is 3.76. The van der Waals surface area contributed by atoms with Gasteiger partial charge in [0.1, 0.15) is 23.4 Å². The van der Waals surface area contributed by atoms with Gasteiger partial charge in [0.15, 0.2) is 0 Å². The molecule has 2 atom stereocenters. The van der Waals surface area contributed by atoms with E-state index >= 15 is 0 Å². The van der Waals surface area contributed by atoms with Gasteiger partial charge in [-0.1, -0.05) is 12.1 Å². The van der Waals surface area contributed by atoms with Crippen molar-refractivity contribution in [1.82, 2.24) is 10.3 Å². The monoisotopic (exact) mass is 333 g/mol. The number of phenolic OH excluding ortho intramolecular Hbond substituents is 1. The van der Waals surface area contributed by atoms with E-state index in [0.29, 0.717) is 0 Å². The van der Waals surface area contributed by atoms with Crippen molar-refractivity contribution < 1.29 is 9.50 Å². The molecule has 5 heteroatoms. The number of rotatable bonds is 3. The fourth-order valence-corrected chi connectivity index (χ4v) is 3.02. The molecule has 124 valence electrons. The molecule has 4 nitrogen and oxygen atoms in total. The molecular formula is C20H16FN3O. The molecule has 4 rings (SSSR count). The second-order valence-electron chi connectivity index (χ2n) is 5.92. The minimum absolute atomic E-state index is 0.0720. The molecule has 0 saturated heterocycles. The average Bonchev–Trinajstić information content (AvgIpc) is 3.09. The average molecular weight is 333 g/mol. The predicted molar refractivity (Wildman–Crippen MR) is 93.9 cm³/mol. The number of amidine groups is 1. The number of hydrogen-bond acceptors (Lipinski definition) is 4. The van der Waals surface area contributed by atoms with Crippen LogP contribution < -0.4 is 5.32 Å². The van der Waals surface area contributed by atoms with Crippen molar-refractivity contribution in [2.45, 2.75) is 12.1 Å². The lowest BCUT2D eigenvalue weighted by atomic mass is 9.95. The van der Waals surface area contributed by atoms with Crippen molar-refractivity contribution in [2.24, 2.45) is 4.99 Å². The fourth-order valence-electron chi connectivity index (χ4n) is 3.02. The van der Waals surface area contributed by atoms with Crippen LogP contribution in [0.25, 0.3) is 0 Å². The van der Waals surface area contributed by atoms with E-state index in [-0.39, 0.29) is 23.7 Å². The molecule has 0 bridgehead atoms. The van der Waals surface area contributed by atoms with Gasteiger partial charge in [-0.15, -0.1) is 0 Å². The van der Waals surface area contributed by atoms with Crippen molar-refractivity contribution in [1.29, 1.82) is 0 Å². The summed E-state index contributed by atoms with van der Waals surface area (Å²) in [6.07, 6.45) is 3.49. The highest BCUT2D eigenvalue weighted by atomic mass is 19.1. The van der Waals surface area contributed by atoms with Crippen LogP contribution in [0.3, 0.4) is 0 Å². The standard InChI is InChI=1S/C20H16FN3O/c21-16-5-1-13(2-6-16)18-19(14-9-11-22-12-10-14)24-20(23-18)15-3-7-17(25)8-4-15/h1-12,18-19,25H,(H,23,24). The number of aromatic hydroxyl groups is 1. The third-order valence-corrected chi connectivity index (χ3v) is 4.29. The van der Waals surface area contributed by atoms with Gasteiger partial charge in [-0.2, -0.15) is 0 Å². The number of pyridine rings is 1. The maximum absolute atomic E-state index is 13.3. The van der Waals surface area contributed by atoms with Gasteiger partial charge in [-0.25, -0.2) is 4.39 Å². The number of nitrogens with zero attached hydrogens (tertiary/aromatic N) is 2. The van der Waals surface area contributed by atoms with E-state index < -0.39 is 0 Å². The summed E-state index contributed by atoms with van der Waals surface area (Å²) >= 11 is 0. The smallest absolute Gasteiger partial charge is 0.129 e. The minimum Gasteiger partial charge on any atom is -0.508 e. The minimum atomic E-state index is -0.266. The molecule has 1 aliphatic rings. The first-order valence-corrected chi connectivity index (χ1v) is 8.00. The quantitative estimate of drug-likeness (QED) is 0.767.